The molecular formula is C16H24N2OS. The Morgan fingerprint density at radius 2 is 1.70 bits per heavy atom. The average Bonchev–Trinajstić information content (AvgIpc) is 2.25. The molecule has 0 bridgehead atoms. The van der Waals surface area contributed by atoms with Crippen molar-refractivity contribution in [3.05, 3.63) is 30.3 Å². The predicted octanol–water partition coefficient (Wildman–Crippen LogP) is 3.71. The minimum Gasteiger partial charge on any atom is -0.467 e. The van der Waals surface area contributed by atoms with Gasteiger partial charge in [0.05, 0.1) is 0 Å². The molecule has 4 heteroatoms. The molecule has 1 aliphatic heterocycles. The van der Waals surface area contributed by atoms with Crippen molar-refractivity contribution < 1.29 is 4.74 Å². The SMILES string of the molecule is CC1(C)CC(OC(=S)Nc2ccccc2)CC(C)(C)N1. The summed E-state index contributed by atoms with van der Waals surface area (Å²) in [6.07, 6.45) is 2.05. The van der Waals surface area contributed by atoms with Crippen molar-refractivity contribution in [2.75, 3.05) is 5.32 Å². The molecule has 3 nitrogen and oxygen atoms in total. The number of anilines is 1. The Morgan fingerprint density at radius 1 is 1.15 bits per heavy atom. The van der Waals surface area contributed by atoms with Gasteiger partial charge in [0.2, 0.25) is 0 Å². The number of hydrogen-bond donors (Lipinski definition) is 2. The molecule has 0 unspecified atom stereocenters. The highest BCUT2D eigenvalue weighted by molar-refractivity contribution is 7.80. The van der Waals surface area contributed by atoms with E-state index in [9.17, 15) is 0 Å². The first-order chi connectivity index (χ1) is 9.26. The summed E-state index contributed by atoms with van der Waals surface area (Å²) in [6.45, 7) is 8.83. The summed E-state index contributed by atoms with van der Waals surface area (Å²) in [5.74, 6) is 0. The van der Waals surface area contributed by atoms with Crippen LogP contribution in [-0.4, -0.2) is 22.4 Å². The van der Waals surface area contributed by atoms with E-state index < -0.39 is 0 Å². The molecule has 1 heterocycles. The van der Waals surface area contributed by atoms with E-state index in [-0.39, 0.29) is 17.2 Å². The van der Waals surface area contributed by atoms with Crippen LogP contribution in [0.5, 0.6) is 0 Å². The van der Waals surface area contributed by atoms with Gasteiger partial charge in [-0.05, 0) is 52.0 Å². The van der Waals surface area contributed by atoms with Crippen molar-refractivity contribution in [3.63, 3.8) is 0 Å². The molecule has 0 aliphatic carbocycles. The molecule has 0 amide bonds. The Labute approximate surface area is 127 Å². The van der Waals surface area contributed by atoms with Crippen molar-refractivity contribution >= 4 is 23.1 Å². The van der Waals surface area contributed by atoms with E-state index in [1.807, 2.05) is 30.3 Å². The minimum atomic E-state index is 0.0643. The highest BCUT2D eigenvalue weighted by Gasteiger charge is 2.38. The maximum Gasteiger partial charge on any atom is 0.261 e. The Bertz CT molecular complexity index is 455. The molecule has 2 N–H and O–H groups in total. The fraction of sp³-hybridized carbons (Fsp3) is 0.562. The van der Waals surface area contributed by atoms with Gasteiger partial charge >= 0.3 is 0 Å². The molecule has 0 spiro atoms. The standard InChI is InChI=1S/C16H24N2OS/c1-15(2)10-13(11-16(3,4)18-15)19-14(20)17-12-8-6-5-7-9-12/h5-9,13,18H,10-11H2,1-4H3,(H,17,20). The van der Waals surface area contributed by atoms with Gasteiger partial charge in [0.1, 0.15) is 6.10 Å². The molecule has 110 valence electrons. The predicted molar refractivity (Wildman–Crippen MR) is 88.1 cm³/mol. The van der Waals surface area contributed by atoms with Crippen LogP contribution in [0.15, 0.2) is 30.3 Å². The number of hydrogen-bond acceptors (Lipinski definition) is 3. The Balaban J connectivity index is 1.94. The lowest BCUT2D eigenvalue weighted by molar-refractivity contribution is 0.0505. The Kier molecular flexibility index (Phi) is 4.35. The van der Waals surface area contributed by atoms with Crippen molar-refractivity contribution in [2.45, 2.75) is 57.7 Å². The van der Waals surface area contributed by atoms with E-state index in [4.69, 9.17) is 17.0 Å². The van der Waals surface area contributed by atoms with Crippen LogP contribution in [0.4, 0.5) is 5.69 Å². The first-order valence-corrected chi connectivity index (χ1v) is 7.49. The van der Waals surface area contributed by atoms with Crippen LogP contribution in [0, 0.1) is 0 Å². The highest BCUT2D eigenvalue weighted by atomic mass is 32.1. The van der Waals surface area contributed by atoms with E-state index in [1.54, 1.807) is 0 Å². The smallest absolute Gasteiger partial charge is 0.261 e. The van der Waals surface area contributed by atoms with Crippen LogP contribution < -0.4 is 10.6 Å². The molecule has 20 heavy (non-hydrogen) atoms. The number of rotatable bonds is 2. The van der Waals surface area contributed by atoms with Crippen LogP contribution in [0.2, 0.25) is 0 Å². The van der Waals surface area contributed by atoms with Crippen molar-refractivity contribution in [1.82, 2.24) is 5.32 Å². The molecule has 0 atom stereocenters. The molecule has 0 aromatic heterocycles. The van der Waals surface area contributed by atoms with Gasteiger partial charge in [-0.1, -0.05) is 18.2 Å². The average molecular weight is 292 g/mol. The summed E-state index contributed by atoms with van der Waals surface area (Å²) >= 11 is 5.31. The third-order valence-electron chi connectivity index (χ3n) is 3.45. The zero-order valence-electron chi connectivity index (χ0n) is 12.7. The van der Waals surface area contributed by atoms with Gasteiger partial charge in [0, 0.05) is 29.6 Å². The van der Waals surface area contributed by atoms with Crippen LogP contribution >= 0.6 is 12.2 Å². The van der Waals surface area contributed by atoms with Crippen molar-refractivity contribution in [1.29, 1.82) is 0 Å². The first kappa shape index (κ1) is 15.3. The lowest BCUT2D eigenvalue weighted by Gasteiger charge is -2.46. The third kappa shape index (κ3) is 4.46. The number of nitrogens with one attached hydrogen (secondary N) is 2. The quantitative estimate of drug-likeness (QED) is 0.814. The van der Waals surface area contributed by atoms with Gasteiger partial charge in [0.25, 0.3) is 5.17 Å². The van der Waals surface area contributed by atoms with E-state index in [1.165, 1.54) is 0 Å². The van der Waals surface area contributed by atoms with Gasteiger partial charge < -0.3 is 15.4 Å². The number of ether oxygens (including phenoxy) is 1. The second kappa shape index (κ2) is 5.70. The lowest BCUT2D eigenvalue weighted by Crippen LogP contribution is -2.59. The zero-order chi connectivity index (χ0) is 14.8. The molecule has 0 radical (unpaired) electrons. The molecule has 1 aromatic rings. The normalized spacial score (nSPS) is 21.2. The summed E-state index contributed by atoms with van der Waals surface area (Å²) in [5, 5.41) is 7.23. The Hall–Kier alpha value is -1.13. The third-order valence-corrected chi connectivity index (χ3v) is 3.64. The second-order valence-electron chi connectivity index (χ2n) is 6.82. The van der Waals surface area contributed by atoms with Gasteiger partial charge in [-0.2, -0.15) is 0 Å². The topological polar surface area (TPSA) is 33.3 Å². The fourth-order valence-corrected chi connectivity index (χ4v) is 3.39. The molecule has 1 aromatic carbocycles. The van der Waals surface area contributed by atoms with Crippen molar-refractivity contribution in [3.8, 4) is 0 Å². The molecular weight excluding hydrogens is 268 g/mol. The summed E-state index contributed by atoms with van der Waals surface area (Å²) in [5.41, 5.74) is 1.09. The maximum absolute atomic E-state index is 5.95. The lowest BCUT2D eigenvalue weighted by atomic mass is 9.81. The highest BCUT2D eigenvalue weighted by Crippen LogP contribution is 2.30. The number of thiocarbonyl (C=S) groups is 1. The monoisotopic (exact) mass is 292 g/mol. The van der Waals surface area contributed by atoms with Crippen LogP contribution in [0.1, 0.15) is 40.5 Å². The first-order valence-electron chi connectivity index (χ1n) is 7.08. The second-order valence-corrected chi connectivity index (χ2v) is 7.19. The number of piperidine rings is 1. The van der Waals surface area contributed by atoms with Gasteiger partial charge in [-0.25, -0.2) is 0 Å². The maximum atomic E-state index is 5.95. The largest absolute Gasteiger partial charge is 0.467 e. The Morgan fingerprint density at radius 3 is 2.25 bits per heavy atom. The number of para-hydroxylation sites is 1. The van der Waals surface area contributed by atoms with Gasteiger partial charge in [-0.15, -0.1) is 0 Å². The molecule has 0 saturated carbocycles. The van der Waals surface area contributed by atoms with Gasteiger partial charge in [0.15, 0.2) is 0 Å². The van der Waals surface area contributed by atoms with E-state index in [2.05, 4.69) is 38.3 Å². The molecule has 1 fully saturated rings. The van der Waals surface area contributed by atoms with E-state index in [0.29, 0.717) is 5.17 Å². The van der Waals surface area contributed by atoms with Crippen molar-refractivity contribution in [2.24, 2.45) is 0 Å². The van der Waals surface area contributed by atoms with Crippen LogP contribution in [-0.2, 0) is 4.74 Å². The van der Waals surface area contributed by atoms with Crippen LogP contribution in [0.3, 0.4) is 0 Å². The molecule has 1 aliphatic rings. The summed E-state index contributed by atoms with van der Waals surface area (Å²) in [6, 6.07) is 9.88. The summed E-state index contributed by atoms with van der Waals surface area (Å²) in [7, 11) is 0. The van der Waals surface area contributed by atoms with Crippen LogP contribution in [0.25, 0.3) is 0 Å². The van der Waals surface area contributed by atoms with E-state index >= 15 is 0 Å². The summed E-state index contributed by atoms with van der Waals surface area (Å²) < 4.78 is 5.95. The summed E-state index contributed by atoms with van der Waals surface area (Å²) in [4.78, 5) is 0. The molecule has 1 saturated heterocycles. The fourth-order valence-electron chi connectivity index (χ4n) is 3.13. The zero-order valence-corrected chi connectivity index (χ0v) is 13.5. The van der Waals surface area contributed by atoms with Gasteiger partial charge in [-0.3, -0.25) is 0 Å². The van der Waals surface area contributed by atoms with E-state index in [0.717, 1.165) is 18.5 Å². The minimum absolute atomic E-state index is 0.0643. The number of benzene rings is 1. The molecule has 2 rings (SSSR count).